The van der Waals surface area contributed by atoms with Crippen molar-refractivity contribution in [3.63, 3.8) is 0 Å². The van der Waals surface area contributed by atoms with E-state index in [0.717, 1.165) is 54.4 Å². The summed E-state index contributed by atoms with van der Waals surface area (Å²) in [5, 5.41) is 12.9. The largest absolute Gasteiger partial charge is 0.478 e. The third-order valence-electron chi connectivity index (χ3n) is 8.63. The fourth-order valence-electron chi connectivity index (χ4n) is 6.15. The van der Waals surface area contributed by atoms with Gasteiger partial charge in [-0.1, -0.05) is 58.9 Å². The van der Waals surface area contributed by atoms with E-state index < -0.39 is 16.0 Å². The zero-order chi connectivity index (χ0) is 36.3. The summed E-state index contributed by atoms with van der Waals surface area (Å²) >= 11 is 0. The van der Waals surface area contributed by atoms with Gasteiger partial charge >= 0.3 is 5.97 Å². The first kappa shape index (κ1) is 42.4. The maximum atomic E-state index is 13.4. The number of aromatic nitrogens is 4. The van der Waals surface area contributed by atoms with Crippen molar-refractivity contribution < 1.29 is 23.1 Å². The van der Waals surface area contributed by atoms with E-state index in [1.54, 1.807) is 6.07 Å². The van der Waals surface area contributed by atoms with Crippen LogP contribution in [0.25, 0.3) is 11.3 Å². The van der Waals surface area contributed by atoms with Crippen LogP contribution >= 0.6 is 24.8 Å². The molecule has 1 aliphatic rings. The summed E-state index contributed by atoms with van der Waals surface area (Å²) < 4.78 is 35.5. The Morgan fingerprint density at radius 3 is 2.27 bits per heavy atom. The van der Waals surface area contributed by atoms with Gasteiger partial charge in [-0.25, -0.2) is 32.9 Å². The Morgan fingerprint density at radius 2 is 1.67 bits per heavy atom. The fourth-order valence-corrected chi connectivity index (χ4v) is 7.14. The minimum absolute atomic E-state index is 0. The molecular formula is C37H49Cl2N7O5S. The molecule has 0 unspecified atom stereocenters. The molecule has 0 aliphatic carbocycles. The number of carbonyl (C=O) groups is 1. The number of anilines is 2. The van der Waals surface area contributed by atoms with Crippen molar-refractivity contribution in [2.24, 2.45) is 10.8 Å². The van der Waals surface area contributed by atoms with Crippen molar-refractivity contribution in [1.29, 1.82) is 0 Å². The quantitative estimate of drug-likeness (QED) is 0.127. The van der Waals surface area contributed by atoms with Crippen LogP contribution in [0, 0.1) is 24.7 Å². The number of carboxylic acid groups (broad SMARTS) is 1. The lowest BCUT2D eigenvalue weighted by molar-refractivity contribution is 0.0696. The van der Waals surface area contributed by atoms with Gasteiger partial charge in [0.15, 0.2) is 0 Å². The van der Waals surface area contributed by atoms with Crippen LogP contribution in [-0.4, -0.2) is 65.2 Å². The van der Waals surface area contributed by atoms with Crippen LogP contribution in [0.2, 0.25) is 0 Å². The van der Waals surface area contributed by atoms with Crippen molar-refractivity contribution in [1.82, 2.24) is 25.3 Å². The molecule has 3 heterocycles. The summed E-state index contributed by atoms with van der Waals surface area (Å²) in [4.78, 5) is 31.9. The van der Waals surface area contributed by atoms with Gasteiger partial charge in [0.25, 0.3) is 10.0 Å². The highest BCUT2D eigenvalue weighted by atomic mass is 35.5. The summed E-state index contributed by atoms with van der Waals surface area (Å²) in [5.74, 6) is -0.575. The molecule has 0 bridgehead atoms. The van der Waals surface area contributed by atoms with Crippen LogP contribution in [0.1, 0.15) is 74.8 Å². The van der Waals surface area contributed by atoms with Crippen LogP contribution in [0.4, 0.5) is 11.6 Å². The molecule has 282 valence electrons. The van der Waals surface area contributed by atoms with E-state index in [4.69, 9.17) is 4.74 Å². The van der Waals surface area contributed by atoms with Crippen LogP contribution in [-0.2, 0) is 16.6 Å². The number of hydrogen-bond acceptors (Lipinski definition) is 10. The van der Waals surface area contributed by atoms with Crippen molar-refractivity contribution >= 4 is 52.4 Å². The summed E-state index contributed by atoms with van der Waals surface area (Å²) in [5.41, 5.74) is 4.33. The molecule has 5 rings (SSSR count). The number of hydrogen-bond donors (Lipinski definition) is 3. The lowest BCUT2D eigenvalue weighted by atomic mass is 9.88. The molecule has 4 aromatic rings. The number of ether oxygens (including phenoxy) is 1. The third-order valence-corrected chi connectivity index (χ3v) is 9.96. The number of benzene rings is 2. The van der Waals surface area contributed by atoms with E-state index >= 15 is 0 Å². The van der Waals surface area contributed by atoms with Gasteiger partial charge in [-0.05, 0) is 66.8 Å². The van der Waals surface area contributed by atoms with E-state index in [0.29, 0.717) is 18.1 Å². The highest BCUT2D eigenvalue weighted by molar-refractivity contribution is 7.92. The van der Waals surface area contributed by atoms with Gasteiger partial charge < -0.3 is 20.1 Å². The molecule has 1 atom stereocenters. The molecular weight excluding hydrogens is 725 g/mol. The number of carboxylic acids is 1. The van der Waals surface area contributed by atoms with E-state index in [2.05, 4.69) is 69.5 Å². The smallest absolute Gasteiger partial charge is 0.335 e. The van der Waals surface area contributed by atoms with Crippen LogP contribution in [0.15, 0.2) is 65.8 Å². The fraction of sp³-hybridized carbons (Fsp3) is 0.432. The molecule has 12 nitrogen and oxygen atoms in total. The average molecular weight is 775 g/mol. The maximum Gasteiger partial charge on any atom is 0.335 e. The van der Waals surface area contributed by atoms with Gasteiger partial charge in [0, 0.05) is 30.8 Å². The summed E-state index contributed by atoms with van der Waals surface area (Å²) in [6.07, 6.45) is 5.67. The van der Waals surface area contributed by atoms with Crippen molar-refractivity contribution in [2.45, 2.75) is 78.8 Å². The van der Waals surface area contributed by atoms with Crippen LogP contribution in [0.3, 0.4) is 0 Å². The Bertz CT molecular complexity index is 1930. The molecule has 0 radical (unpaired) electrons. The molecule has 1 saturated heterocycles. The second-order valence-corrected chi connectivity index (χ2v) is 16.6. The Hall–Kier alpha value is -4.04. The predicted molar refractivity (Wildman–Crippen MR) is 208 cm³/mol. The van der Waals surface area contributed by atoms with Gasteiger partial charge in [-0.15, -0.1) is 24.8 Å². The Labute approximate surface area is 319 Å². The third kappa shape index (κ3) is 11.2. The number of rotatable bonds is 13. The lowest BCUT2D eigenvalue weighted by Gasteiger charge is -2.27. The second kappa shape index (κ2) is 17.2. The summed E-state index contributed by atoms with van der Waals surface area (Å²) in [6.45, 7) is 17.6. The standard InChI is InChI=1S/C37H47N7O5S.2ClH/c1-24-10-8-11-25(2)33(24)30-17-32(42-35(41-30)43-50(47,48)29-13-9-12-26(16-29)34(45)46)49-22-27(18-36(3,4)5)38-21-31-39-19-28(20-40-31)44-15-14-37(6,7)23-44;;/h8-13,16-17,19-20,27,38H,14-15,18,21-23H2,1-7H3,(H,45,46)(H,41,42,43);2*1H/t27-;;/m1../s1. The highest BCUT2D eigenvalue weighted by Gasteiger charge is 2.29. The van der Waals surface area contributed by atoms with Crippen molar-refractivity contribution in [2.75, 3.05) is 29.3 Å². The molecule has 52 heavy (non-hydrogen) atoms. The molecule has 3 N–H and O–H groups in total. The van der Waals surface area contributed by atoms with Crippen molar-refractivity contribution in [3.8, 4) is 17.1 Å². The van der Waals surface area contributed by atoms with E-state index in [-0.39, 0.29) is 70.6 Å². The topological polar surface area (TPSA) is 160 Å². The lowest BCUT2D eigenvalue weighted by Crippen LogP contribution is -2.38. The maximum absolute atomic E-state index is 13.4. The molecule has 0 saturated carbocycles. The zero-order valence-electron chi connectivity index (χ0n) is 30.6. The number of aromatic carboxylic acids is 1. The molecule has 2 aromatic carbocycles. The first-order valence-corrected chi connectivity index (χ1v) is 18.2. The molecule has 0 spiro atoms. The molecule has 1 fully saturated rings. The highest BCUT2D eigenvalue weighted by Crippen LogP contribution is 2.32. The van der Waals surface area contributed by atoms with Crippen LogP contribution < -0.4 is 19.7 Å². The zero-order valence-corrected chi connectivity index (χ0v) is 33.1. The minimum Gasteiger partial charge on any atom is -0.478 e. The number of nitrogens with one attached hydrogen (secondary N) is 2. The SMILES string of the molecule is Cc1cccc(C)c1-c1cc(OC[C@@H](CC(C)(C)C)NCc2ncc(N3CCC(C)(C)C3)cn2)nc(NS(=O)(=O)c2cccc(C(=O)O)c2)n1.Cl.Cl. The minimum atomic E-state index is -4.24. The monoisotopic (exact) mass is 773 g/mol. The van der Waals surface area contributed by atoms with Crippen LogP contribution in [0.5, 0.6) is 5.88 Å². The molecule has 2 aromatic heterocycles. The summed E-state index contributed by atoms with van der Waals surface area (Å²) in [7, 11) is -4.24. The molecule has 1 aliphatic heterocycles. The second-order valence-electron chi connectivity index (χ2n) is 15.0. The first-order chi connectivity index (χ1) is 23.5. The Morgan fingerprint density at radius 1 is 1.02 bits per heavy atom. The van der Waals surface area contributed by atoms with Crippen molar-refractivity contribution in [3.05, 3.63) is 83.4 Å². The van der Waals surface area contributed by atoms with Gasteiger partial charge in [-0.3, -0.25) is 0 Å². The first-order valence-electron chi connectivity index (χ1n) is 16.7. The number of halogens is 2. The van der Waals surface area contributed by atoms with Gasteiger partial charge in [0.1, 0.15) is 12.4 Å². The normalized spacial score (nSPS) is 14.6. The number of nitrogens with zero attached hydrogens (tertiary/aromatic N) is 5. The van der Waals surface area contributed by atoms with E-state index in [1.807, 2.05) is 44.4 Å². The van der Waals surface area contributed by atoms with E-state index in [9.17, 15) is 18.3 Å². The van der Waals surface area contributed by atoms with Gasteiger partial charge in [0.05, 0.1) is 40.8 Å². The predicted octanol–water partition coefficient (Wildman–Crippen LogP) is 7.10. The molecule has 0 amide bonds. The summed E-state index contributed by atoms with van der Waals surface area (Å²) in [6, 6.07) is 12.5. The Kier molecular flexibility index (Phi) is 14.0. The van der Waals surface area contributed by atoms with Gasteiger partial charge in [-0.2, -0.15) is 4.98 Å². The molecule has 15 heteroatoms. The van der Waals surface area contributed by atoms with Gasteiger partial charge in [0.2, 0.25) is 11.8 Å². The number of sulfonamides is 1. The Balaban J connectivity index is 0.00000364. The number of aryl methyl sites for hydroxylation is 2. The average Bonchev–Trinajstić information content (AvgIpc) is 3.41. The van der Waals surface area contributed by atoms with E-state index in [1.165, 1.54) is 18.2 Å².